The summed E-state index contributed by atoms with van der Waals surface area (Å²) in [5.74, 6) is 0. The summed E-state index contributed by atoms with van der Waals surface area (Å²) in [4.78, 5) is 0. The van der Waals surface area contributed by atoms with Crippen LogP contribution in [0.2, 0.25) is 0 Å². The lowest BCUT2D eigenvalue weighted by Gasteiger charge is -2.69. The highest BCUT2D eigenvalue weighted by atomic mass is 16.3. The molecule has 2 unspecified atom stereocenters. The molecule has 0 amide bonds. The third-order valence-corrected chi connectivity index (χ3v) is 5.21. The highest BCUT2D eigenvalue weighted by Gasteiger charge is 2.68. The van der Waals surface area contributed by atoms with E-state index in [4.69, 9.17) is 0 Å². The minimum Gasteiger partial charge on any atom is -0.344 e. The van der Waals surface area contributed by atoms with Gasteiger partial charge in [-0.15, -0.1) is 0 Å². The predicted octanol–water partition coefficient (Wildman–Crippen LogP) is 1.98. The number of piperidine rings is 3. The second-order valence-electron chi connectivity index (χ2n) is 7.97. The summed E-state index contributed by atoms with van der Waals surface area (Å²) >= 11 is 0. The molecule has 86 valence electrons. The lowest BCUT2D eigenvalue weighted by molar-refractivity contribution is -0.994. The van der Waals surface area contributed by atoms with E-state index in [1.54, 1.807) is 0 Å². The molecule has 5 atom stereocenters. The number of hydrogen-bond acceptors (Lipinski definition) is 1. The molecular weight excluding hydrogens is 186 g/mol. The van der Waals surface area contributed by atoms with E-state index in [9.17, 15) is 5.11 Å². The Kier molecular flexibility index (Phi) is 1.54. The van der Waals surface area contributed by atoms with Crippen molar-refractivity contribution >= 4 is 0 Å². The van der Waals surface area contributed by atoms with Gasteiger partial charge in [0.2, 0.25) is 0 Å². The molecule has 4 fully saturated rings. The van der Waals surface area contributed by atoms with E-state index in [1.165, 1.54) is 32.4 Å². The summed E-state index contributed by atoms with van der Waals surface area (Å²) in [5, 5.41) is 10.5. The number of rotatable bonds is 0. The summed E-state index contributed by atoms with van der Waals surface area (Å²) in [7, 11) is 2.26. The molecule has 0 aromatic rings. The van der Waals surface area contributed by atoms with Gasteiger partial charge in [-0.3, -0.25) is 4.48 Å². The van der Waals surface area contributed by atoms with E-state index in [0.717, 1.165) is 4.48 Å². The third kappa shape index (κ3) is 1.13. The van der Waals surface area contributed by atoms with Gasteiger partial charge in [-0.05, 0) is 19.3 Å². The van der Waals surface area contributed by atoms with Gasteiger partial charge < -0.3 is 5.11 Å². The van der Waals surface area contributed by atoms with Crippen LogP contribution in [0.1, 0.15) is 40.0 Å². The van der Waals surface area contributed by atoms with Crippen molar-refractivity contribution in [3.8, 4) is 0 Å². The first-order chi connectivity index (χ1) is 6.69. The molecule has 3 saturated heterocycles. The molecule has 2 nitrogen and oxygen atoms in total. The highest BCUT2D eigenvalue weighted by molar-refractivity contribution is 5.06. The zero-order chi connectivity index (χ0) is 11.1. The van der Waals surface area contributed by atoms with Crippen molar-refractivity contribution in [2.24, 2.45) is 16.2 Å². The van der Waals surface area contributed by atoms with Gasteiger partial charge in [-0.1, -0.05) is 20.8 Å². The summed E-state index contributed by atoms with van der Waals surface area (Å²) in [6.45, 7) is 9.54. The maximum Gasteiger partial charge on any atom is 0.195 e. The lowest BCUT2D eigenvalue weighted by atomic mass is 9.47. The third-order valence-electron chi connectivity index (χ3n) is 5.21. The van der Waals surface area contributed by atoms with Crippen LogP contribution in [0.4, 0.5) is 0 Å². The number of aliphatic hydroxyl groups is 1. The standard InChI is InChI=1S/C13H24NO/c1-11-5-12(2)7-13(3,6-11)10(15)14(4,8-11)9-12/h10,15H,5-9H2,1-4H3/q+1/t10-,11-,12+,13?,14?/m0/s1. The van der Waals surface area contributed by atoms with E-state index in [2.05, 4.69) is 27.8 Å². The van der Waals surface area contributed by atoms with Gasteiger partial charge in [0.1, 0.15) is 0 Å². The van der Waals surface area contributed by atoms with Crippen molar-refractivity contribution < 1.29 is 9.59 Å². The van der Waals surface area contributed by atoms with Crippen molar-refractivity contribution in [2.45, 2.75) is 46.3 Å². The van der Waals surface area contributed by atoms with Crippen LogP contribution in [-0.4, -0.2) is 36.0 Å². The Labute approximate surface area is 92.9 Å². The quantitative estimate of drug-likeness (QED) is 0.606. The van der Waals surface area contributed by atoms with Crippen LogP contribution in [0.3, 0.4) is 0 Å². The van der Waals surface area contributed by atoms with E-state index in [1.807, 2.05) is 0 Å². The molecule has 1 saturated carbocycles. The molecular formula is C13H24NO+. The fourth-order valence-corrected chi connectivity index (χ4v) is 6.30. The van der Waals surface area contributed by atoms with Crippen molar-refractivity contribution in [3.63, 3.8) is 0 Å². The second-order valence-corrected chi connectivity index (χ2v) is 7.97. The van der Waals surface area contributed by atoms with E-state index in [-0.39, 0.29) is 11.6 Å². The van der Waals surface area contributed by atoms with Crippen molar-refractivity contribution in [1.82, 2.24) is 0 Å². The summed E-state index contributed by atoms with van der Waals surface area (Å²) in [6, 6.07) is 0. The summed E-state index contributed by atoms with van der Waals surface area (Å²) in [6.07, 6.45) is 3.70. The average molecular weight is 210 g/mol. The Morgan fingerprint density at radius 1 is 1.00 bits per heavy atom. The Morgan fingerprint density at radius 2 is 1.47 bits per heavy atom. The van der Waals surface area contributed by atoms with Crippen LogP contribution in [-0.2, 0) is 0 Å². The van der Waals surface area contributed by atoms with Crippen LogP contribution in [0.15, 0.2) is 0 Å². The Bertz CT molecular complexity index is 280. The molecule has 3 heterocycles. The zero-order valence-electron chi connectivity index (χ0n) is 10.5. The van der Waals surface area contributed by atoms with Gasteiger partial charge in [-0.2, -0.15) is 0 Å². The van der Waals surface area contributed by atoms with Crippen LogP contribution < -0.4 is 0 Å². The van der Waals surface area contributed by atoms with Crippen molar-refractivity contribution in [3.05, 3.63) is 0 Å². The molecule has 4 aliphatic rings. The van der Waals surface area contributed by atoms with Crippen LogP contribution in [0.5, 0.6) is 0 Å². The second kappa shape index (κ2) is 2.28. The monoisotopic (exact) mass is 210 g/mol. The normalized spacial score (nSPS) is 67.4. The zero-order valence-corrected chi connectivity index (χ0v) is 10.5. The average Bonchev–Trinajstić information content (AvgIpc) is 1.93. The van der Waals surface area contributed by atoms with Crippen LogP contribution in [0.25, 0.3) is 0 Å². The largest absolute Gasteiger partial charge is 0.344 e. The topological polar surface area (TPSA) is 20.2 Å². The predicted molar refractivity (Wildman–Crippen MR) is 60.1 cm³/mol. The molecule has 4 bridgehead atoms. The number of hydrogen-bond donors (Lipinski definition) is 1. The molecule has 0 spiro atoms. The Balaban J connectivity index is 2.12. The molecule has 1 N–H and O–H groups in total. The first-order valence-electron chi connectivity index (χ1n) is 6.21. The number of aliphatic hydroxyl groups excluding tert-OH is 1. The van der Waals surface area contributed by atoms with E-state index < -0.39 is 0 Å². The molecule has 2 heteroatoms. The van der Waals surface area contributed by atoms with Gasteiger partial charge in [0.05, 0.1) is 20.1 Å². The Morgan fingerprint density at radius 3 is 1.87 bits per heavy atom. The minimum atomic E-state index is -0.126. The summed E-state index contributed by atoms with van der Waals surface area (Å²) < 4.78 is 0.906. The molecule has 1 aliphatic carbocycles. The molecule has 0 aromatic heterocycles. The van der Waals surface area contributed by atoms with Gasteiger partial charge >= 0.3 is 0 Å². The maximum atomic E-state index is 10.5. The molecule has 3 aliphatic heterocycles. The molecule has 0 radical (unpaired) electrons. The Hall–Kier alpha value is -0.0800. The van der Waals surface area contributed by atoms with E-state index in [0.29, 0.717) is 10.8 Å². The lowest BCUT2D eigenvalue weighted by Crippen LogP contribution is -2.77. The first-order valence-corrected chi connectivity index (χ1v) is 6.21. The number of quaternary nitrogens is 1. The SMILES string of the molecule is CC12C[C@@]3(C)C[C@@](C)(C1)C[N+](C)(C3)[C@H]2O. The minimum absolute atomic E-state index is 0.126. The molecule has 0 aromatic carbocycles. The fourth-order valence-electron chi connectivity index (χ4n) is 6.30. The van der Waals surface area contributed by atoms with Gasteiger partial charge in [0.25, 0.3) is 0 Å². The smallest absolute Gasteiger partial charge is 0.195 e. The van der Waals surface area contributed by atoms with Gasteiger partial charge in [0.15, 0.2) is 6.23 Å². The van der Waals surface area contributed by atoms with Crippen molar-refractivity contribution in [2.75, 3.05) is 20.1 Å². The highest BCUT2D eigenvalue weighted by Crippen LogP contribution is 2.65. The molecule has 4 rings (SSSR count). The maximum absolute atomic E-state index is 10.5. The van der Waals surface area contributed by atoms with E-state index >= 15 is 0 Å². The fraction of sp³-hybridized carbons (Fsp3) is 1.00. The van der Waals surface area contributed by atoms with Crippen molar-refractivity contribution in [1.29, 1.82) is 0 Å². The van der Waals surface area contributed by atoms with Gasteiger partial charge in [0, 0.05) is 16.2 Å². The van der Waals surface area contributed by atoms with Crippen LogP contribution in [0, 0.1) is 16.2 Å². The van der Waals surface area contributed by atoms with Crippen LogP contribution >= 0.6 is 0 Å². The first kappa shape index (κ1) is 10.1. The summed E-state index contributed by atoms with van der Waals surface area (Å²) in [5.41, 5.74) is 1.13. The van der Waals surface area contributed by atoms with Gasteiger partial charge in [-0.25, -0.2) is 0 Å². The molecule has 15 heavy (non-hydrogen) atoms. The number of nitrogens with zero attached hydrogens (tertiary/aromatic N) is 1.